The van der Waals surface area contributed by atoms with Crippen LogP contribution in [0, 0.1) is 12.3 Å². The molecule has 0 aromatic heterocycles. The molecule has 1 aliphatic rings. The second-order valence-electron chi connectivity index (χ2n) is 5.91. The number of amides is 3. The molecule has 0 saturated carbocycles. The average Bonchev–Trinajstić information content (AvgIpc) is 2.76. The summed E-state index contributed by atoms with van der Waals surface area (Å²) < 4.78 is 10.1. The smallest absolute Gasteiger partial charge is 0.408 e. The highest BCUT2D eigenvalue weighted by Crippen LogP contribution is 2.13. The summed E-state index contributed by atoms with van der Waals surface area (Å²) in [7, 11) is 0. The van der Waals surface area contributed by atoms with E-state index in [9.17, 15) is 19.2 Å². The Kier molecular flexibility index (Phi) is 6.73. The molecule has 1 saturated heterocycles. The van der Waals surface area contributed by atoms with E-state index >= 15 is 0 Å². The summed E-state index contributed by atoms with van der Waals surface area (Å²) in [4.78, 5) is 51.6. The maximum absolute atomic E-state index is 12.1. The molecular weight excluding hydrogens is 320 g/mol. The number of hydrogen-bond donors (Lipinski definition) is 1. The summed E-state index contributed by atoms with van der Waals surface area (Å²) >= 11 is 0. The van der Waals surface area contributed by atoms with E-state index in [1.807, 2.05) is 0 Å². The molecule has 3 amide bonds. The van der Waals surface area contributed by atoms with Crippen molar-refractivity contribution in [1.82, 2.24) is 10.4 Å². The van der Waals surface area contributed by atoms with Gasteiger partial charge in [-0.05, 0) is 20.8 Å². The number of nitrogens with one attached hydrogen (secondary N) is 1. The van der Waals surface area contributed by atoms with Crippen molar-refractivity contribution in [3.63, 3.8) is 0 Å². The van der Waals surface area contributed by atoms with Crippen molar-refractivity contribution < 1.29 is 33.5 Å². The molecule has 0 bridgehead atoms. The van der Waals surface area contributed by atoms with E-state index in [0.717, 1.165) is 0 Å². The van der Waals surface area contributed by atoms with Crippen LogP contribution in [0.1, 0.15) is 33.6 Å². The van der Waals surface area contributed by atoms with Gasteiger partial charge in [0.05, 0.1) is 6.61 Å². The fraction of sp³-hybridized carbons (Fsp3) is 0.600. The Hall–Kier alpha value is -2.60. The van der Waals surface area contributed by atoms with Crippen LogP contribution in [0.3, 0.4) is 0 Å². The second-order valence-corrected chi connectivity index (χ2v) is 5.91. The van der Waals surface area contributed by atoms with Crippen LogP contribution in [0.4, 0.5) is 4.79 Å². The number of ether oxygens (including phenoxy) is 2. The molecule has 1 fully saturated rings. The van der Waals surface area contributed by atoms with Gasteiger partial charge >= 0.3 is 12.1 Å². The summed E-state index contributed by atoms with van der Waals surface area (Å²) in [6, 6.07) is -1.30. The number of imide groups is 1. The number of carbonyl (C=O) groups is 4. The molecule has 1 rings (SSSR count). The van der Waals surface area contributed by atoms with Crippen molar-refractivity contribution >= 4 is 23.9 Å². The zero-order chi connectivity index (χ0) is 18.3. The van der Waals surface area contributed by atoms with Crippen molar-refractivity contribution in [3.05, 3.63) is 0 Å². The van der Waals surface area contributed by atoms with Crippen LogP contribution in [-0.2, 0) is 28.7 Å². The zero-order valence-corrected chi connectivity index (χ0v) is 13.8. The third-order valence-electron chi connectivity index (χ3n) is 2.63. The van der Waals surface area contributed by atoms with Gasteiger partial charge in [-0.2, -0.15) is 0 Å². The third kappa shape index (κ3) is 6.26. The highest BCUT2D eigenvalue weighted by Gasteiger charge is 2.35. The summed E-state index contributed by atoms with van der Waals surface area (Å²) in [5.74, 6) is -0.0977. The van der Waals surface area contributed by atoms with Gasteiger partial charge < -0.3 is 19.6 Å². The van der Waals surface area contributed by atoms with E-state index in [1.165, 1.54) is 0 Å². The number of carbonyl (C=O) groups excluding carboxylic acids is 4. The molecule has 0 aromatic carbocycles. The number of hydrogen-bond acceptors (Lipinski definition) is 7. The van der Waals surface area contributed by atoms with Crippen LogP contribution in [0.15, 0.2) is 0 Å². The van der Waals surface area contributed by atoms with Gasteiger partial charge in [-0.25, -0.2) is 9.59 Å². The van der Waals surface area contributed by atoms with Crippen LogP contribution in [0.2, 0.25) is 0 Å². The summed E-state index contributed by atoms with van der Waals surface area (Å²) in [5, 5.41) is 2.64. The lowest BCUT2D eigenvalue weighted by molar-refractivity contribution is -0.199. The molecular formula is C15H20N2O7. The van der Waals surface area contributed by atoms with Crippen LogP contribution in [0.5, 0.6) is 0 Å². The Labute approximate surface area is 139 Å². The first kappa shape index (κ1) is 19.4. The fourth-order valence-corrected chi connectivity index (χ4v) is 1.67. The number of alkyl carbamates (subject to hydrolysis) is 1. The van der Waals surface area contributed by atoms with Gasteiger partial charge in [0, 0.05) is 12.8 Å². The van der Waals surface area contributed by atoms with Crippen molar-refractivity contribution in [1.29, 1.82) is 0 Å². The summed E-state index contributed by atoms with van der Waals surface area (Å²) in [5.41, 5.74) is -0.779. The molecule has 9 heteroatoms. The minimum absolute atomic E-state index is 0.0378. The number of hydroxylamine groups is 2. The fourth-order valence-electron chi connectivity index (χ4n) is 1.67. The SMILES string of the molecule is C#CCOCC(NC(=O)OC(C)(C)C)C(=O)ON1C(=O)CCC1=O. The van der Waals surface area contributed by atoms with Gasteiger partial charge in [-0.3, -0.25) is 9.59 Å². The first-order valence-corrected chi connectivity index (χ1v) is 7.22. The molecule has 24 heavy (non-hydrogen) atoms. The number of terminal acetylenes is 1. The lowest BCUT2D eigenvalue weighted by atomic mass is 10.2. The van der Waals surface area contributed by atoms with Crippen LogP contribution in [-0.4, -0.2) is 53.8 Å². The summed E-state index contributed by atoms with van der Waals surface area (Å²) in [6.45, 7) is 4.54. The minimum atomic E-state index is -1.30. The van der Waals surface area contributed by atoms with Gasteiger partial charge in [-0.1, -0.05) is 5.92 Å². The minimum Gasteiger partial charge on any atom is -0.444 e. The van der Waals surface area contributed by atoms with Gasteiger partial charge in [0.2, 0.25) is 0 Å². The van der Waals surface area contributed by atoms with Gasteiger partial charge in [0.15, 0.2) is 6.04 Å². The van der Waals surface area contributed by atoms with Crippen molar-refractivity contribution in [2.45, 2.75) is 45.3 Å². The quantitative estimate of drug-likeness (QED) is 0.416. The van der Waals surface area contributed by atoms with Crippen LogP contribution in [0.25, 0.3) is 0 Å². The maximum atomic E-state index is 12.1. The Morgan fingerprint density at radius 1 is 1.29 bits per heavy atom. The third-order valence-corrected chi connectivity index (χ3v) is 2.63. The van der Waals surface area contributed by atoms with Crippen LogP contribution >= 0.6 is 0 Å². The molecule has 1 heterocycles. The van der Waals surface area contributed by atoms with E-state index in [-0.39, 0.29) is 26.1 Å². The standard InChI is InChI=1S/C15H20N2O7/c1-5-8-22-9-10(16-14(21)23-15(2,3)4)13(20)24-17-11(18)6-7-12(17)19/h1,10H,6-9H2,2-4H3,(H,16,21). The normalized spacial score (nSPS) is 15.7. The molecule has 1 N–H and O–H groups in total. The highest BCUT2D eigenvalue weighted by molar-refractivity contribution is 6.01. The average molecular weight is 340 g/mol. The molecule has 1 aliphatic heterocycles. The number of nitrogens with zero attached hydrogens (tertiary/aromatic N) is 1. The van der Waals surface area contributed by atoms with E-state index in [0.29, 0.717) is 5.06 Å². The predicted molar refractivity (Wildman–Crippen MR) is 80.0 cm³/mol. The largest absolute Gasteiger partial charge is 0.444 e. The van der Waals surface area contributed by atoms with Crippen molar-refractivity contribution in [2.24, 2.45) is 0 Å². The Morgan fingerprint density at radius 3 is 2.38 bits per heavy atom. The number of rotatable bonds is 6. The van der Waals surface area contributed by atoms with Crippen LogP contribution < -0.4 is 5.32 Å². The van der Waals surface area contributed by atoms with Gasteiger partial charge in [0.25, 0.3) is 11.8 Å². The summed E-state index contributed by atoms with van der Waals surface area (Å²) in [6.07, 6.45) is 4.09. The molecule has 1 atom stereocenters. The zero-order valence-electron chi connectivity index (χ0n) is 13.8. The lowest BCUT2D eigenvalue weighted by Gasteiger charge is -2.23. The molecule has 0 aliphatic carbocycles. The van der Waals surface area contributed by atoms with Gasteiger partial charge in [0.1, 0.15) is 12.2 Å². The predicted octanol–water partition coefficient (Wildman–Crippen LogP) is 0.137. The second kappa shape index (κ2) is 8.31. The monoisotopic (exact) mass is 340 g/mol. The Bertz CT molecular complexity index is 543. The van der Waals surface area contributed by atoms with E-state index in [1.54, 1.807) is 20.8 Å². The lowest BCUT2D eigenvalue weighted by Crippen LogP contribution is -2.49. The molecule has 0 aromatic rings. The Morgan fingerprint density at radius 2 is 1.88 bits per heavy atom. The Balaban J connectivity index is 2.71. The molecule has 9 nitrogen and oxygen atoms in total. The topological polar surface area (TPSA) is 111 Å². The van der Waals surface area contributed by atoms with Gasteiger partial charge in [-0.15, -0.1) is 11.5 Å². The van der Waals surface area contributed by atoms with E-state index in [4.69, 9.17) is 20.7 Å². The van der Waals surface area contributed by atoms with E-state index < -0.39 is 35.5 Å². The molecule has 0 radical (unpaired) electrons. The molecule has 0 spiro atoms. The van der Waals surface area contributed by atoms with Crippen molar-refractivity contribution in [2.75, 3.05) is 13.2 Å². The van der Waals surface area contributed by atoms with Crippen molar-refractivity contribution in [3.8, 4) is 12.3 Å². The maximum Gasteiger partial charge on any atom is 0.408 e. The first-order valence-electron chi connectivity index (χ1n) is 7.22. The first-order chi connectivity index (χ1) is 11.1. The molecule has 132 valence electrons. The highest BCUT2D eigenvalue weighted by atomic mass is 16.7. The van der Waals surface area contributed by atoms with E-state index in [2.05, 4.69) is 11.2 Å². The molecule has 1 unspecified atom stereocenters.